The van der Waals surface area contributed by atoms with E-state index in [1.165, 1.54) is 0 Å². The van der Waals surface area contributed by atoms with Gasteiger partial charge in [0.1, 0.15) is 5.75 Å². The fraction of sp³-hybridized carbons (Fsp3) is 0.300. The van der Waals surface area contributed by atoms with Crippen LogP contribution in [0.15, 0.2) is 24.3 Å². The molecule has 0 heterocycles. The average Bonchev–Trinajstić information content (AvgIpc) is 2.21. The monoisotopic (exact) mass is 163 g/mol. The molecular formula is C10H13NO. The number of hydrogen-bond donors (Lipinski definition) is 0. The van der Waals surface area contributed by atoms with Crippen LogP contribution in [0.4, 0.5) is 0 Å². The van der Waals surface area contributed by atoms with Gasteiger partial charge in [-0.05, 0) is 24.3 Å². The second kappa shape index (κ2) is 6.23. The maximum absolute atomic E-state index is 8.41. The average molecular weight is 163 g/mol. The first kappa shape index (κ1) is 10.5. The first-order chi connectivity index (χ1) is 5.86. The van der Waals surface area contributed by atoms with Crippen molar-refractivity contribution in [1.82, 2.24) is 0 Å². The first-order valence-corrected chi connectivity index (χ1v) is 3.91. The molecule has 0 fully saturated rings. The Bertz CT molecular complexity index is 246. The van der Waals surface area contributed by atoms with Gasteiger partial charge in [-0.1, -0.05) is 13.8 Å². The molecule has 0 spiro atoms. The molecule has 0 atom stereocenters. The van der Waals surface area contributed by atoms with Gasteiger partial charge < -0.3 is 4.74 Å². The zero-order valence-corrected chi connectivity index (χ0v) is 7.66. The van der Waals surface area contributed by atoms with E-state index in [2.05, 4.69) is 0 Å². The van der Waals surface area contributed by atoms with E-state index in [0.717, 1.165) is 5.75 Å². The molecule has 0 unspecified atom stereocenters. The molecule has 0 saturated carbocycles. The normalized spacial score (nSPS) is 7.50. The summed E-state index contributed by atoms with van der Waals surface area (Å²) in [6, 6.07) is 8.99. The van der Waals surface area contributed by atoms with Crippen molar-refractivity contribution < 1.29 is 4.74 Å². The summed E-state index contributed by atoms with van der Waals surface area (Å²) in [5.41, 5.74) is 0.654. The lowest BCUT2D eigenvalue weighted by atomic mass is 10.2. The van der Waals surface area contributed by atoms with Crippen molar-refractivity contribution in [2.45, 2.75) is 13.8 Å². The molecule has 0 aliphatic carbocycles. The summed E-state index contributed by atoms with van der Waals surface area (Å²) < 4.78 is 4.90. The zero-order valence-electron chi connectivity index (χ0n) is 7.66. The molecule has 2 heteroatoms. The molecule has 0 amide bonds. The SMILES string of the molecule is CC.COc1ccc(C#N)cc1. The Labute approximate surface area is 73.4 Å². The minimum atomic E-state index is 0.654. The fourth-order valence-electron chi connectivity index (χ4n) is 0.666. The van der Waals surface area contributed by atoms with Crippen molar-refractivity contribution in [1.29, 1.82) is 5.26 Å². The third-order valence-electron chi connectivity index (χ3n) is 1.22. The van der Waals surface area contributed by atoms with Crippen LogP contribution in [0.5, 0.6) is 5.75 Å². The molecule has 0 bridgehead atoms. The van der Waals surface area contributed by atoms with Crippen LogP contribution >= 0.6 is 0 Å². The Hall–Kier alpha value is -1.49. The van der Waals surface area contributed by atoms with E-state index in [9.17, 15) is 0 Å². The molecular weight excluding hydrogens is 150 g/mol. The number of benzene rings is 1. The van der Waals surface area contributed by atoms with Crippen LogP contribution in [0.1, 0.15) is 19.4 Å². The summed E-state index contributed by atoms with van der Waals surface area (Å²) in [5.74, 6) is 0.777. The van der Waals surface area contributed by atoms with Gasteiger partial charge in [0.25, 0.3) is 0 Å². The predicted octanol–water partition coefficient (Wildman–Crippen LogP) is 2.59. The van der Waals surface area contributed by atoms with Crippen LogP contribution in [-0.4, -0.2) is 7.11 Å². The summed E-state index contributed by atoms with van der Waals surface area (Å²) in [7, 11) is 1.60. The maximum Gasteiger partial charge on any atom is 0.118 e. The standard InChI is InChI=1S/C8H7NO.C2H6/c1-10-8-4-2-7(6-9)3-5-8;1-2/h2-5H,1H3;1-2H3. The van der Waals surface area contributed by atoms with Crippen LogP contribution in [-0.2, 0) is 0 Å². The molecule has 1 rings (SSSR count). The molecule has 0 saturated heterocycles. The Balaban J connectivity index is 0.000000561. The van der Waals surface area contributed by atoms with E-state index >= 15 is 0 Å². The van der Waals surface area contributed by atoms with Crippen molar-refractivity contribution in [2.24, 2.45) is 0 Å². The number of nitrogens with zero attached hydrogens (tertiary/aromatic N) is 1. The smallest absolute Gasteiger partial charge is 0.118 e. The van der Waals surface area contributed by atoms with Gasteiger partial charge in [-0.15, -0.1) is 0 Å². The Kier molecular flexibility index (Phi) is 5.46. The van der Waals surface area contributed by atoms with Crippen LogP contribution in [0.3, 0.4) is 0 Å². The van der Waals surface area contributed by atoms with Crippen LogP contribution in [0, 0.1) is 11.3 Å². The molecule has 1 aromatic rings. The molecule has 0 aliphatic rings. The Morgan fingerprint density at radius 2 is 1.67 bits per heavy atom. The van der Waals surface area contributed by atoms with Crippen molar-refractivity contribution in [3.8, 4) is 11.8 Å². The van der Waals surface area contributed by atoms with Crippen molar-refractivity contribution in [3.05, 3.63) is 29.8 Å². The van der Waals surface area contributed by atoms with E-state index in [4.69, 9.17) is 10.00 Å². The van der Waals surface area contributed by atoms with Gasteiger partial charge in [0.15, 0.2) is 0 Å². The quantitative estimate of drug-likeness (QED) is 0.637. The number of rotatable bonds is 1. The Morgan fingerprint density at radius 3 is 2.00 bits per heavy atom. The van der Waals surface area contributed by atoms with Crippen LogP contribution in [0.25, 0.3) is 0 Å². The molecule has 12 heavy (non-hydrogen) atoms. The molecule has 0 N–H and O–H groups in total. The fourth-order valence-corrected chi connectivity index (χ4v) is 0.666. The lowest BCUT2D eigenvalue weighted by molar-refractivity contribution is 0.415. The van der Waals surface area contributed by atoms with Gasteiger partial charge in [0, 0.05) is 0 Å². The molecule has 0 aliphatic heterocycles. The summed E-state index contributed by atoms with van der Waals surface area (Å²) in [4.78, 5) is 0. The lowest BCUT2D eigenvalue weighted by Gasteiger charge is -1.96. The zero-order chi connectivity index (χ0) is 9.40. The predicted molar refractivity (Wildman–Crippen MR) is 49.1 cm³/mol. The highest BCUT2D eigenvalue weighted by Gasteiger charge is 1.89. The van der Waals surface area contributed by atoms with E-state index in [-0.39, 0.29) is 0 Å². The number of nitriles is 1. The molecule has 64 valence electrons. The highest BCUT2D eigenvalue weighted by Crippen LogP contribution is 2.09. The van der Waals surface area contributed by atoms with Gasteiger partial charge in [0.2, 0.25) is 0 Å². The third kappa shape index (κ3) is 3.07. The molecule has 2 nitrogen and oxygen atoms in total. The summed E-state index contributed by atoms with van der Waals surface area (Å²) in [6.07, 6.45) is 0. The van der Waals surface area contributed by atoms with E-state index in [1.807, 2.05) is 19.9 Å². The first-order valence-electron chi connectivity index (χ1n) is 3.91. The van der Waals surface area contributed by atoms with Crippen molar-refractivity contribution in [2.75, 3.05) is 7.11 Å². The largest absolute Gasteiger partial charge is 0.497 e. The number of methoxy groups -OCH3 is 1. The summed E-state index contributed by atoms with van der Waals surface area (Å²) >= 11 is 0. The van der Waals surface area contributed by atoms with E-state index in [0.29, 0.717) is 5.56 Å². The minimum Gasteiger partial charge on any atom is -0.497 e. The molecule has 0 aromatic heterocycles. The topological polar surface area (TPSA) is 33.0 Å². The van der Waals surface area contributed by atoms with Crippen molar-refractivity contribution in [3.63, 3.8) is 0 Å². The van der Waals surface area contributed by atoms with Crippen LogP contribution in [0.2, 0.25) is 0 Å². The number of ether oxygens (including phenoxy) is 1. The second-order valence-corrected chi connectivity index (χ2v) is 1.84. The molecule has 0 radical (unpaired) electrons. The second-order valence-electron chi connectivity index (χ2n) is 1.84. The van der Waals surface area contributed by atoms with Gasteiger partial charge in [-0.2, -0.15) is 5.26 Å². The van der Waals surface area contributed by atoms with Gasteiger partial charge in [0.05, 0.1) is 18.7 Å². The maximum atomic E-state index is 8.41. The van der Waals surface area contributed by atoms with Gasteiger partial charge >= 0.3 is 0 Å². The third-order valence-corrected chi connectivity index (χ3v) is 1.22. The highest BCUT2D eigenvalue weighted by atomic mass is 16.5. The number of hydrogen-bond acceptors (Lipinski definition) is 2. The lowest BCUT2D eigenvalue weighted by Crippen LogP contribution is -1.81. The summed E-state index contributed by atoms with van der Waals surface area (Å²) in [5, 5.41) is 8.41. The highest BCUT2D eigenvalue weighted by molar-refractivity contribution is 5.34. The minimum absolute atomic E-state index is 0.654. The van der Waals surface area contributed by atoms with Gasteiger partial charge in [-0.3, -0.25) is 0 Å². The van der Waals surface area contributed by atoms with Crippen molar-refractivity contribution >= 4 is 0 Å². The summed E-state index contributed by atoms with van der Waals surface area (Å²) in [6.45, 7) is 4.00. The molecule has 1 aromatic carbocycles. The van der Waals surface area contributed by atoms with E-state index in [1.54, 1.807) is 31.4 Å². The van der Waals surface area contributed by atoms with Crippen LogP contribution < -0.4 is 4.74 Å². The Morgan fingerprint density at radius 1 is 1.17 bits per heavy atom. The van der Waals surface area contributed by atoms with Gasteiger partial charge in [-0.25, -0.2) is 0 Å². The van der Waals surface area contributed by atoms with E-state index < -0.39 is 0 Å².